The number of hydrogen-bond acceptors (Lipinski definition) is 5. The van der Waals surface area contributed by atoms with Crippen LogP contribution in [0.15, 0.2) is 90.0 Å². The highest BCUT2D eigenvalue weighted by Crippen LogP contribution is 2.48. The highest BCUT2D eigenvalue weighted by Gasteiger charge is 2.44. The van der Waals surface area contributed by atoms with Gasteiger partial charge in [0.1, 0.15) is 6.54 Å². The summed E-state index contributed by atoms with van der Waals surface area (Å²) < 4.78 is 2.45. The molecule has 224 valence electrons. The second kappa shape index (κ2) is 12.4. The fourth-order valence-electron chi connectivity index (χ4n) is 6.55. The molecule has 3 aromatic rings. The number of allylic oxidation sites excluding steroid dienone is 6. The van der Waals surface area contributed by atoms with Crippen molar-refractivity contribution < 1.29 is 14.6 Å². The predicted octanol–water partition coefficient (Wildman–Crippen LogP) is 8.68. The van der Waals surface area contributed by atoms with Crippen LogP contribution in [0.4, 0.5) is 17.1 Å². The summed E-state index contributed by atoms with van der Waals surface area (Å²) >= 11 is 1.77. The standard InChI is InChI=1S/C36H42N3O3S/c1-6-37-30-20-18-27(39(41)42)25-29(30)36(4,5)33(37)15-9-7-10-16-34-35(2,3)28-24-26(32-14-13-23-43-32)17-19-31(28)38(34)21-11-8-12-22-40/h7,9-10,13-20,23-25,40H,6,8,11-12,21-22H2,1-5H3/q+1. The van der Waals surface area contributed by atoms with Gasteiger partial charge in [-0.15, -0.1) is 11.3 Å². The monoisotopic (exact) mass is 596 g/mol. The average molecular weight is 597 g/mol. The SMILES string of the molecule is CCN1/C(=C/C=C/C=C/C2=[N+](CCCCCO)c3ccc(-c4cccs4)cc3C2(C)C)C(C)(C)c2cc([N+](=O)[O-])ccc21. The normalized spacial score (nSPS) is 17.9. The van der Waals surface area contributed by atoms with Crippen molar-refractivity contribution in [2.75, 3.05) is 24.6 Å². The average Bonchev–Trinajstić information content (AvgIpc) is 3.65. The lowest BCUT2D eigenvalue weighted by Gasteiger charge is -2.25. The van der Waals surface area contributed by atoms with Crippen molar-refractivity contribution in [1.82, 2.24) is 0 Å². The van der Waals surface area contributed by atoms with Gasteiger partial charge >= 0.3 is 0 Å². The van der Waals surface area contributed by atoms with Crippen LogP contribution in [0.2, 0.25) is 0 Å². The molecule has 1 N–H and O–H groups in total. The van der Waals surface area contributed by atoms with E-state index in [9.17, 15) is 15.2 Å². The number of aliphatic hydroxyl groups excluding tert-OH is 1. The van der Waals surface area contributed by atoms with Crippen LogP contribution >= 0.6 is 11.3 Å². The van der Waals surface area contributed by atoms with E-state index in [-0.39, 0.29) is 28.0 Å². The number of rotatable bonds is 11. The van der Waals surface area contributed by atoms with Crippen molar-refractivity contribution in [2.45, 2.75) is 64.7 Å². The van der Waals surface area contributed by atoms with Crippen LogP contribution in [0.1, 0.15) is 65.0 Å². The molecule has 3 heterocycles. The van der Waals surface area contributed by atoms with Crippen molar-refractivity contribution >= 4 is 34.1 Å². The highest BCUT2D eigenvalue weighted by molar-refractivity contribution is 7.13. The molecule has 0 amide bonds. The van der Waals surface area contributed by atoms with E-state index < -0.39 is 0 Å². The molecule has 7 heteroatoms. The van der Waals surface area contributed by atoms with Gasteiger partial charge in [-0.2, -0.15) is 4.58 Å². The van der Waals surface area contributed by atoms with E-state index in [4.69, 9.17) is 0 Å². The second-order valence-electron chi connectivity index (χ2n) is 12.3. The Bertz CT molecular complexity index is 1630. The first-order valence-corrected chi connectivity index (χ1v) is 16.1. The summed E-state index contributed by atoms with van der Waals surface area (Å²) in [4.78, 5) is 14.6. The Balaban J connectivity index is 1.43. The van der Waals surface area contributed by atoms with Crippen molar-refractivity contribution in [3.63, 3.8) is 0 Å². The quantitative estimate of drug-likeness (QED) is 0.0791. The Morgan fingerprint density at radius 1 is 0.977 bits per heavy atom. The number of anilines is 1. The Labute approximate surface area is 259 Å². The minimum absolute atomic E-state index is 0.128. The molecule has 0 saturated heterocycles. The van der Waals surface area contributed by atoms with E-state index in [1.165, 1.54) is 27.4 Å². The fraction of sp³-hybridized carbons (Fsp3) is 0.361. The zero-order valence-electron chi connectivity index (χ0n) is 25.8. The molecule has 0 bridgehead atoms. The van der Waals surface area contributed by atoms with E-state index in [0.29, 0.717) is 0 Å². The van der Waals surface area contributed by atoms with Gasteiger partial charge in [-0.3, -0.25) is 10.1 Å². The number of hydrogen-bond donors (Lipinski definition) is 1. The van der Waals surface area contributed by atoms with Gasteiger partial charge in [0.15, 0.2) is 5.71 Å². The van der Waals surface area contributed by atoms with Crippen LogP contribution in [0.5, 0.6) is 0 Å². The third-order valence-corrected chi connectivity index (χ3v) is 9.79. The minimum Gasteiger partial charge on any atom is -0.396 e. The van der Waals surface area contributed by atoms with Gasteiger partial charge in [0.25, 0.3) is 5.69 Å². The molecular weight excluding hydrogens is 554 g/mol. The van der Waals surface area contributed by atoms with Gasteiger partial charge in [0, 0.05) is 71.1 Å². The molecule has 0 spiro atoms. The third kappa shape index (κ3) is 5.76. The van der Waals surface area contributed by atoms with Crippen molar-refractivity contribution in [3.05, 3.63) is 111 Å². The summed E-state index contributed by atoms with van der Waals surface area (Å²) in [7, 11) is 0. The lowest BCUT2D eigenvalue weighted by atomic mass is 9.80. The topological polar surface area (TPSA) is 69.6 Å². The molecule has 2 aliphatic heterocycles. The lowest BCUT2D eigenvalue weighted by molar-refractivity contribution is -0.438. The summed E-state index contributed by atoms with van der Waals surface area (Å²) in [6.45, 7) is 12.9. The number of nitro benzene ring substituents is 1. The molecule has 43 heavy (non-hydrogen) atoms. The molecule has 2 aliphatic rings. The molecule has 2 aromatic carbocycles. The van der Waals surface area contributed by atoms with Gasteiger partial charge < -0.3 is 10.0 Å². The lowest BCUT2D eigenvalue weighted by Crippen LogP contribution is -2.28. The Morgan fingerprint density at radius 2 is 1.79 bits per heavy atom. The summed E-state index contributed by atoms with van der Waals surface area (Å²) in [6.07, 6.45) is 13.5. The first kappa shape index (κ1) is 30.6. The number of nitro groups is 1. The summed E-state index contributed by atoms with van der Waals surface area (Å²) in [5, 5.41) is 22.9. The van der Waals surface area contributed by atoms with E-state index in [1.807, 2.05) is 6.07 Å². The van der Waals surface area contributed by atoms with Crippen LogP contribution in [0, 0.1) is 10.1 Å². The zero-order chi connectivity index (χ0) is 30.8. The Kier molecular flexibility index (Phi) is 8.86. The molecule has 0 saturated carbocycles. The summed E-state index contributed by atoms with van der Waals surface area (Å²) in [6, 6.07) is 16.3. The largest absolute Gasteiger partial charge is 0.396 e. The van der Waals surface area contributed by atoms with Crippen LogP contribution in [-0.4, -0.2) is 40.0 Å². The molecule has 0 unspecified atom stereocenters. The first-order chi connectivity index (χ1) is 20.6. The smallest absolute Gasteiger partial charge is 0.269 e. The number of thiophene rings is 1. The van der Waals surface area contributed by atoms with Crippen LogP contribution < -0.4 is 4.90 Å². The maximum atomic E-state index is 11.4. The third-order valence-electron chi connectivity index (χ3n) is 8.87. The maximum absolute atomic E-state index is 11.4. The number of aliphatic hydroxyl groups is 1. The fourth-order valence-corrected chi connectivity index (χ4v) is 7.27. The summed E-state index contributed by atoms with van der Waals surface area (Å²) in [5.41, 5.74) is 7.89. The van der Waals surface area contributed by atoms with Gasteiger partial charge in [0.2, 0.25) is 5.69 Å². The molecule has 0 atom stereocenters. The van der Waals surface area contributed by atoms with Crippen LogP contribution in [-0.2, 0) is 10.8 Å². The molecular formula is C36H42N3O3S+. The Hall–Kier alpha value is -3.81. The number of unbranched alkanes of at least 4 members (excludes halogenated alkanes) is 2. The highest BCUT2D eigenvalue weighted by atomic mass is 32.1. The van der Waals surface area contributed by atoms with Gasteiger partial charge in [-0.1, -0.05) is 38.1 Å². The number of benzene rings is 2. The molecule has 0 radical (unpaired) electrons. The zero-order valence-corrected chi connectivity index (χ0v) is 26.7. The maximum Gasteiger partial charge on any atom is 0.269 e. The molecule has 5 rings (SSSR count). The molecule has 0 aliphatic carbocycles. The number of nitrogens with zero attached hydrogens (tertiary/aromatic N) is 3. The second-order valence-corrected chi connectivity index (χ2v) is 13.2. The minimum atomic E-state index is -0.346. The Morgan fingerprint density at radius 3 is 2.49 bits per heavy atom. The number of fused-ring (bicyclic) bond motifs is 2. The first-order valence-electron chi connectivity index (χ1n) is 15.2. The predicted molar refractivity (Wildman–Crippen MR) is 179 cm³/mol. The van der Waals surface area contributed by atoms with Crippen molar-refractivity contribution in [3.8, 4) is 10.4 Å². The van der Waals surface area contributed by atoms with E-state index in [1.54, 1.807) is 23.5 Å². The van der Waals surface area contributed by atoms with Crippen molar-refractivity contribution in [2.24, 2.45) is 0 Å². The number of likely N-dealkylation sites (N-methyl/N-ethyl adjacent to an activating group) is 1. The van der Waals surface area contributed by atoms with E-state index in [2.05, 4.69) is 110 Å². The van der Waals surface area contributed by atoms with E-state index >= 15 is 0 Å². The molecule has 6 nitrogen and oxygen atoms in total. The van der Waals surface area contributed by atoms with Gasteiger partial charge in [-0.25, -0.2) is 0 Å². The van der Waals surface area contributed by atoms with Crippen LogP contribution in [0.3, 0.4) is 0 Å². The van der Waals surface area contributed by atoms with Gasteiger partial charge in [-0.05, 0) is 80.5 Å². The van der Waals surface area contributed by atoms with Gasteiger partial charge in [0.05, 0.1) is 10.3 Å². The van der Waals surface area contributed by atoms with Crippen molar-refractivity contribution in [1.29, 1.82) is 0 Å². The molecule has 0 fully saturated rings. The number of non-ortho nitro benzene ring substituents is 1. The summed E-state index contributed by atoms with van der Waals surface area (Å²) in [5.74, 6) is 0. The molecule has 1 aromatic heterocycles. The van der Waals surface area contributed by atoms with Crippen LogP contribution in [0.25, 0.3) is 10.4 Å². The van der Waals surface area contributed by atoms with E-state index in [0.717, 1.165) is 49.3 Å².